The average molecular weight is 308 g/mol. The van der Waals surface area contributed by atoms with E-state index in [9.17, 15) is 4.79 Å². The first-order valence-electron chi connectivity index (χ1n) is 7.02. The molecule has 1 aromatic rings. The van der Waals surface area contributed by atoms with Crippen molar-refractivity contribution in [1.29, 1.82) is 0 Å². The summed E-state index contributed by atoms with van der Waals surface area (Å²) in [5.41, 5.74) is 7.06. The number of nitrogens with two attached hydrogens (primary N) is 1. The number of carbonyl (C=O) groups is 1. The fourth-order valence-electron chi connectivity index (χ4n) is 2.29. The summed E-state index contributed by atoms with van der Waals surface area (Å²) >= 11 is 5.05. The van der Waals surface area contributed by atoms with Gasteiger partial charge in [0.15, 0.2) is 0 Å². The molecule has 0 spiro atoms. The zero-order chi connectivity index (χ0) is 15.2. The first kappa shape index (κ1) is 15.7. The Morgan fingerprint density at radius 3 is 3.19 bits per heavy atom. The Bertz CT molecular complexity index is 523. The predicted octanol–water partition coefficient (Wildman–Crippen LogP) is 0.447. The third kappa shape index (κ3) is 3.68. The summed E-state index contributed by atoms with van der Waals surface area (Å²) in [5, 5.41) is 2.91. The molecule has 1 unspecified atom stereocenters. The number of hydrogen-bond donors (Lipinski definition) is 2. The van der Waals surface area contributed by atoms with Crippen LogP contribution in [0.15, 0.2) is 18.3 Å². The van der Waals surface area contributed by atoms with Gasteiger partial charge >= 0.3 is 0 Å². The summed E-state index contributed by atoms with van der Waals surface area (Å²) < 4.78 is 5.45. The van der Waals surface area contributed by atoms with E-state index >= 15 is 0 Å². The monoisotopic (exact) mass is 308 g/mol. The van der Waals surface area contributed by atoms with Crippen molar-refractivity contribution in [2.75, 3.05) is 31.2 Å². The lowest BCUT2D eigenvalue weighted by molar-refractivity contribution is -0.124. The van der Waals surface area contributed by atoms with Gasteiger partial charge in [0, 0.05) is 19.3 Å². The number of nitrogens with one attached hydrogen (secondary N) is 1. The Hall–Kier alpha value is -1.73. The molecule has 2 rings (SSSR count). The minimum Gasteiger partial charge on any atom is -0.388 e. The van der Waals surface area contributed by atoms with E-state index in [-0.39, 0.29) is 16.9 Å². The Kier molecular flexibility index (Phi) is 5.46. The van der Waals surface area contributed by atoms with Gasteiger partial charge in [0.1, 0.15) is 16.7 Å². The normalized spacial score (nSPS) is 18.3. The van der Waals surface area contributed by atoms with Crippen LogP contribution in [0, 0.1) is 0 Å². The van der Waals surface area contributed by atoms with Crippen LogP contribution >= 0.6 is 12.2 Å². The number of amides is 1. The van der Waals surface area contributed by atoms with Crippen LogP contribution in [0.3, 0.4) is 0 Å². The topological polar surface area (TPSA) is 80.5 Å². The van der Waals surface area contributed by atoms with Gasteiger partial charge in [0.05, 0.1) is 18.9 Å². The van der Waals surface area contributed by atoms with Gasteiger partial charge in [-0.2, -0.15) is 0 Å². The van der Waals surface area contributed by atoms with Gasteiger partial charge in [0.2, 0.25) is 5.91 Å². The molecule has 2 heterocycles. The van der Waals surface area contributed by atoms with E-state index in [1.165, 1.54) is 0 Å². The average Bonchev–Trinajstić information content (AvgIpc) is 2.52. The summed E-state index contributed by atoms with van der Waals surface area (Å²) in [7, 11) is 0. The second-order valence-corrected chi connectivity index (χ2v) is 5.25. The molecule has 1 aromatic heterocycles. The summed E-state index contributed by atoms with van der Waals surface area (Å²) in [6, 6.07) is 3.31. The summed E-state index contributed by atoms with van der Waals surface area (Å²) in [4.78, 5) is 18.7. The molecule has 0 aliphatic carbocycles. The number of nitrogens with zero attached hydrogens (tertiary/aromatic N) is 2. The molecule has 0 radical (unpaired) electrons. The summed E-state index contributed by atoms with van der Waals surface area (Å²) in [6.07, 6.45) is 2.54. The summed E-state index contributed by atoms with van der Waals surface area (Å²) in [5.74, 6) is -0.0470. The third-order valence-corrected chi connectivity index (χ3v) is 3.50. The quantitative estimate of drug-likeness (QED) is 0.769. The zero-order valence-electron chi connectivity index (χ0n) is 12.0. The Morgan fingerprint density at radius 1 is 1.67 bits per heavy atom. The van der Waals surface area contributed by atoms with Crippen molar-refractivity contribution in [2.24, 2.45) is 5.73 Å². The van der Waals surface area contributed by atoms with Gasteiger partial charge in [-0.25, -0.2) is 0 Å². The second-order valence-electron chi connectivity index (χ2n) is 4.81. The van der Waals surface area contributed by atoms with Crippen molar-refractivity contribution in [3.8, 4) is 0 Å². The molecule has 1 saturated heterocycles. The van der Waals surface area contributed by atoms with Gasteiger partial charge in [-0.15, -0.1) is 0 Å². The number of pyridine rings is 1. The highest BCUT2D eigenvalue weighted by molar-refractivity contribution is 7.80. The first-order valence-corrected chi connectivity index (χ1v) is 7.43. The molecule has 1 fully saturated rings. The standard InChI is InChI=1S/C14H20N4O2S/c1-2-5-17-14(19)11-9-20-8-7-18(11)10-4-3-6-16-12(10)13(15)21/h3-4,6,11H,2,5,7-9H2,1H3,(H2,15,21)(H,17,19). The third-order valence-electron chi connectivity index (χ3n) is 3.31. The number of rotatable bonds is 5. The molecule has 0 saturated carbocycles. The molecule has 7 heteroatoms. The molecule has 6 nitrogen and oxygen atoms in total. The number of carbonyl (C=O) groups excluding carboxylic acids is 1. The molecular formula is C14H20N4O2S. The number of thiocarbonyl (C=S) groups is 1. The van der Waals surface area contributed by atoms with E-state index < -0.39 is 0 Å². The minimum absolute atomic E-state index is 0.0470. The van der Waals surface area contributed by atoms with E-state index in [4.69, 9.17) is 22.7 Å². The Labute approximate surface area is 129 Å². The number of anilines is 1. The predicted molar refractivity (Wildman–Crippen MR) is 85.4 cm³/mol. The highest BCUT2D eigenvalue weighted by atomic mass is 32.1. The number of morpholine rings is 1. The van der Waals surface area contributed by atoms with E-state index in [0.717, 1.165) is 12.1 Å². The van der Waals surface area contributed by atoms with E-state index in [2.05, 4.69) is 10.3 Å². The lowest BCUT2D eigenvalue weighted by Crippen LogP contribution is -2.54. The van der Waals surface area contributed by atoms with Gasteiger partial charge in [-0.1, -0.05) is 19.1 Å². The summed E-state index contributed by atoms with van der Waals surface area (Å²) in [6.45, 7) is 4.18. The van der Waals surface area contributed by atoms with E-state index in [1.54, 1.807) is 6.20 Å². The smallest absolute Gasteiger partial charge is 0.245 e. The van der Waals surface area contributed by atoms with Crippen molar-refractivity contribution in [3.05, 3.63) is 24.0 Å². The first-order chi connectivity index (χ1) is 10.1. The Morgan fingerprint density at radius 2 is 2.48 bits per heavy atom. The van der Waals surface area contributed by atoms with Crippen molar-refractivity contribution < 1.29 is 9.53 Å². The zero-order valence-corrected chi connectivity index (χ0v) is 12.9. The van der Waals surface area contributed by atoms with Gasteiger partial charge in [-0.3, -0.25) is 9.78 Å². The van der Waals surface area contributed by atoms with Crippen LogP contribution in [-0.2, 0) is 9.53 Å². The maximum Gasteiger partial charge on any atom is 0.245 e. The minimum atomic E-state index is -0.386. The largest absolute Gasteiger partial charge is 0.388 e. The molecule has 1 atom stereocenters. The van der Waals surface area contributed by atoms with Crippen molar-refractivity contribution in [1.82, 2.24) is 10.3 Å². The molecular weight excluding hydrogens is 288 g/mol. The molecule has 0 aromatic carbocycles. The maximum atomic E-state index is 12.3. The lowest BCUT2D eigenvalue weighted by atomic mass is 10.1. The Balaban J connectivity index is 2.26. The molecule has 1 amide bonds. The van der Waals surface area contributed by atoms with Crippen LogP contribution in [0.5, 0.6) is 0 Å². The van der Waals surface area contributed by atoms with Crippen LogP contribution in [0.2, 0.25) is 0 Å². The van der Waals surface area contributed by atoms with Crippen molar-refractivity contribution in [2.45, 2.75) is 19.4 Å². The number of hydrogen-bond acceptors (Lipinski definition) is 5. The number of ether oxygens (including phenoxy) is 1. The van der Waals surface area contributed by atoms with Crippen molar-refractivity contribution >= 4 is 28.8 Å². The van der Waals surface area contributed by atoms with Gasteiger partial charge < -0.3 is 20.7 Å². The highest BCUT2D eigenvalue weighted by Crippen LogP contribution is 2.23. The molecule has 114 valence electrons. The van der Waals surface area contributed by atoms with Gasteiger partial charge in [-0.05, 0) is 18.6 Å². The molecule has 21 heavy (non-hydrogen) atoms. The molecule has 3 N–H and O–H groups in total. The van der Waals surface area contributed by atoms with Crippen LogP contribution < -0.4 is 16.0 Å². The number of aromatic nitrogens is 1. The SMILES string of the molecule is CCCNC(=O)C1COCCN1c1cccnc1C(N)=S. The lowest BCUT2D eigenvalue weighted by Gasteiger charge is -2.36. The fraction of sp³-hybridized carbons (Fsp3) is 0.500. The van der Waals surface area contributed by atoms with E-state index in [0.29, 0.717) is 32.0 Å². The van der Waals surface area contributed by atoms with Crippen LogP contribution in [0.4, 0.5) is 5.69 Å². The second kappa shape index (κ2) is 7.33. The van der Waals surface area contributed by atoms with Gasteiger partial charge in [0.25, 0.3) is 0 Å². The van der Waals surface area contributed by atoms with Crippen molar-refractivity contribution in [3.63, 3.8) is 0 Å². The molecule has 0 bridgehead atoms. The molecule has 1 aliphatic rings. The highest BCUT2D eigenvalue weighted by Gasteiger charge is 2.31. The fourth-order valence-corrected chi connectivity index (χ4v) is 2.45. The van der Waals surface area contributed by atoms with Crippen LogP contribution in [0.25, 0.3) is 0 Å². The maximum absolute atomic E-state index is 12.3. The van der Waals surface area contributed by atoms with Crippen LogP contribution in [0.1, 0.15) is 19.0 Å². The van der Waals surface area contributed by atoms with Crippen LogP contribution in [-0.4, -0.2) is 48.2 Å². The molecule has 1 aliphatic heterocycles. The van der Waals surface area contributed by atoms with E-state index in [1.807, 2.05) is 24.0 Å².